The number of aliphatic hydroxyl groups excluding tert-OH is 1. The van der Waals surface area contributed by atoms with Crippen molar-refractivity contribution < 1.29 is 9.94 Å². The molecule has 0 fully saturated rings. The molecule has 52 heavy (non-hydrogen) atoms. The summed E-state index contributed by atoms with van der Waals surface area (Å²) in [4.78, 5) is 16.4. The highest BCUT2D eigenvalue weighted by Gasteiger charge is 2.28. The number of aromatic nitrogens is 2. The number of para-hydroxylation sites is 2. The van der Waals surface area contributed by atoms with Crippen molar-refractivity contribution in [2.24, 2.45) is 0 Å². The molecular weight excluding hydrogens is 641 g/mol. The first kappa shape index (κ1) is 36.4. The topological polar surface area (TPSA) is 84.5 Å². The number of nitrogen functional groups attached to an aromatic ring is 1. The number of benzene rings is 4. The molecule has 0 radical (unpaired) electrons. The fourth-order valence-corrected chi connectivity index (χ4v) is 5.51. The third-order valence-electron chi connectivity index (χ3n) is 7.99. The number of nitrogens with two attached hydrogens (primary N) is 1. The van der Waals surface area contributed by atoms with Crippen LogP contribution >= 0.6 is 0 Å². The predicted octanol–water partition coefficient (Wildman–Crippen LogP) is 11.7. The van der Waals surface area contributed by atoms with E-state index >= 15 is 0 Å². The quantitative estimate of drug-likeness (QED) is 0.113. The van der Waals surface area contributed by atoms with Crippen molar-refractivity contribution in [3.05, 3.63) is 212 Å². The summed E-state index contributed by atoms with van der Waals surface area (Å²) in [6.45, 7) is 17.5. The highest BCUT2D eigenvalue weighted by Crippen LogP contribution is 2.43. The fraction of sp³-hybridized carbons (Fsp3) is 0.0435. The van der Waals surface area contributed by atoms with Gasteiger partial charge in [-0.05, 0) is 48.3 Å². The molecule has 0 saturated heterocycles. The molecule has 0 atom stereocenters. The van der Waals surface area contributed by atoms with Gasteiger partial charge in [0.25, 0.3) is 0 Å². The standard InChI is InChI=1S/C31H26N4O.C15H16O/c1-4-13-22(14-5-2)28-29(23-15-7-6-8-16-23)34-31(30(32)33-28)35-26-19-11-9-17-24(26)21(3)25-18-10-12-20-27(25)36-35;1-13(15-11-7-4-8-12-15)9-5-3-6-10-14(2)16/h4-20H,1,3H2,2H3,(H2,32,33);3-8,10-12,16H,1-2,9H2/b14-5-,22-13+;5-3-,10-6-. The Morgan fingerprint density at radius 3 is 2.17 bits per heavy atom. The summed E-state index contributed by atoms with van der Waals surface area (Å²) < 4.78 is 0. The minimum atomic E-state index is 0.0616. The zero-order valence-electron chi connectivity index (χ0n) is 29.3. The molecule has 3 N–H and O–H groups in total. The number of nitrogens with zero attached hydrogens (tertiary/aromatic N) is 3. The van der Waals surface area contributed by atoms with Crippen LogP contribution in [0.1, 0.15) is 35.7 Å². The van der Waals surface area contributed by atoms with Gasteiger partial charge in [-0.1, -0.05) is 166 Å². The molecule has 5 aromatic rings. The monoisotopic (exact) mass is 682 g/mol. The van der Waals surface area contributed by atoms with Gasteiger partial charge in [-0.2, -0.15) is 5.06 Å². The highest BCUT2D eigenvalue weighted by molar-refractivity contribution is 5.91. The lowest BCUT2D eigenvalue weighted by molar-refractivity contribution is 0.321. The number of rotatable bonds is 10. The molecule has 0 aliphatic carbocycles. The Balaban J connectivity index is 0.000000275. The van der Waals surface area contributed by atoms with Crippen LogP contribution in [0.25, 0.3) is 28.0 Å². The van der Waals surface area contributed by atoms with Crippen LogP contribution in [0.2, 0.25) is 0 Å². The highest BCUT2D eigenvalue weighted by atomic mass is 16.7. The summed E-state index contributed by atoms with van der Waals surface area (Å²) in [5.74, 6) is 1.36. The second-order valence-corrected chi connectivity index (χ2v) is 11.7. The molecule has 4 aromatic carbocycles. The van der Waals surface area contributed by atoms with E-state index in [1.54, 1.807) is 23.3 Å². The van der Waals surface area contributed by atoms with Crippen molar-refractivity contribution in [2.75, 3.05) is 10.8 Å². The SMILES string of the molecule is C=C(O)/C=C\C=C/CC(=C)c1ccccc1.C=C/C=C(\C=C/C)c1nc(N)c(N2Oc3ccccc3C(=C)c3ccccc32)nc1-c1ccccc1. The third-order valence-corrected chi connectivity index (χ3v) is 7.99. The van der Waals surface area contributed by atoms with Gasteiger partial charge >= 0.3 is 0 Å². The van der Waals surface area contributed by atoms with Crippen LogP contribution in [0.15, 0.2) is 190 Å². The summed E-state index contributed by atoms with van der Waals surface area (Å²) in [7, 11) is 0. The van der Waals surface area contributed by atoms with Crippen LogP contribution < -0.4 is 15.6 Å². The van der Waals surface area contributed by atoms with Crippen molar-refractivity contribution in [2.45, 2.75) is 13.3 Å². The van der Waals surface area contributed by atoms with Crippen LogP contribution in [0.4, 0.5) is 17.3 Å². The van der Waals surface area contributed by atoms with E-state index < -0.39 is 0 Å². The Kier molecular flexibility index (Phi) is 12.3. The Hall–Kier alpha value is -6.92. The molecule has 2 heterocycles. The lowest BCUT2D eigenvalue weighted by Gasteiger charge is -2.25. The molecule has 1 aliphatic rings. The molecule has 6 rings (SSSR count). The minimum Gasteiger partial charge on any atom is -0.509 e. The van der Waals surface area contributed by atoms with Crippen LogP contribution in [-0.4, -0.2) is 15.1 Å². The van der Waals surface area contributed by atoms with Gasteiger partial charge in [0.05, 0.1) is 17.1 Å². The van der Waals surface area contributed by atoms with Gasteiger partial charge in [-0.15, -0.1) is 0 Å². The zero-order valence-corrected chi connectivity index (χ0v) is 29.3. The maximum Gasteiger partial charge on any atom is 0.212 e. The molecule has 0 saturated carbocycles. The Morgan fingerprint density at radius 1 is 0.827 bits per heavy atom. The number of fused-ring (bicyclic) bond motifs is 2. The fourth-order valence-electron chi connectivity index (χ4n) is 5.51. The molecule has 0 amide bonds. The Morgan fingerprint density at radius 2 is 1.48 bits per heavy atom. The van der Waals surface area contributed by atoms with E-state index in [0.29, 0.717) is 23.0 Å². The van der Waals surface area contributed by atoms with E-state index in [0.717, 1.165) is 51.1 Å². The number of anilines is 3. The zero-order chi connectivity index (χ0) is 36.9. The maximum absolute atomic E-state index is 8.81. The first-order valence-corrected chi connectivity index (χ1v) is 16.8. The largest absolute Gasteiger partial charge is 0.509 e. The molecule has 0 unspecified atom stereocenters. The van der Waals surface area contributed by atoms with Crippen molar-refractivity contribution in [1.82, 2.24) is 9.97 Å². The molecular formula is C46H42N4O2. The van der Waals surface area contributed by atoms with Gasteiger partial charge in [0.15, 0.2) is 11.6 Å². The maximum atomic E-state index is 8.81. The van der Waals surface area contributed by atoms with Crippen molar-refractivity contribution >= 4 is 34.0 Å². The molecule has 6 heteroatoms. The van der Waals surface area contributed by atoms with Crippen molar-refractivity contribution in [3.63, 3.8) is 0 Å². The summed E-state index contributed by atoms with van der Waals surface area (Å²) >= 11 is 0. The first-order valence-electron chi connectivity index (χ1n) is 16.8. The normalized spacial score (nSPS) is 12.4. The molecule has 258 valence electrons. The van der Waals surface area contributed by atoms with Crippen LogP contribution in [-0.2, 0) is 0 Å². The smallest absolute Gasteiger partial charge is 0.212 e. The van der Waals surface area contributed by atoms with Gasteiger partial charge in [0, 0.05) is 22.3 Å². The van der Waals surface area contributed by atoms with Crippen molar-refractivity contribution in [1.29, 1.82) is 0 Å². The van der Waals surface area contributed by atoms with E-state index in [1.165, 1.54) is 0 Å². The molecule has 0 spiro atoms. The second-order valence-electron chi connectivity index (χ2n) is 11.7. The Labute approximate surface area is 306 Å². The average Bonchev–Trinajstić information content (AvgIpc) is 3.29. The van der Waals surface area contributed by atoms with Gasteiger partial charge in [0.1, 0.15) is 5.76 Å². The van der Waals surface area contributed by atoms with Crippen LogP contribution in [0.5, 0.6) is 5.75 Å². The van der Waals surface area contributed by atoms with E-state index in [9.17, 15) is 0 Å². The number of aliphatic hydroxyl groups is 1. The van der Waals surface area contributed by atoms with Crippen LogP contribution in [0, 0.1) is 0 Å². The predicted molar refractivity (Wildman–Crippen MR) is 219 cm³/mol. The third kappa shape index (κ3) is 8.80. The van der Waals surface area contributed by atoms with E-state index in [1.807, 2.05) is 146 Å². The summed E-state index contributed by atoms with van der Waals surface area (Å²) in [5.41, 5.74) is 15.4. The minimum absolute atomic E-state index is 0.0616. The van der Waals surface area contributed by atoms with E-state index in [2.05, 4.69) is 26.3 Å². The van der Waals surface area contributed by atoms with E-state index in [4.69, 9.17) is 25.6 Å². The van der Waals surface area contributed by atoms with Gasteiger partial charge in [-0.25, -0.2) is 9.97 Å². The van der Waals surface area contributed by atoms with Crippen molar-refractivity contribution in [3.8, 4) is 17.0 Å². The molecule has 0 bridgehead atoms. The first-order chi connectivity index (χ1) is 25.3. The number of allylic oxidation sites excluding steroid dienone is 10. The Bertz CT molecular complexity index is 2190. The van der Waals surface area contributed by atoms with Gasteiger partial charge < -0.3 is 15.7 Å². The lowest BCUT2D eigenvalue weighted by atomic mass is 9.98. The average molecular weight is 683 g/mol. The summed E-state index contributed by atoms with van der Waals surface area (Å²) in [5, 5.41) is 10.5. The van der Waals surface area contributed by atoms with Crippen LogP contribution in [0.3, 0.4) is 0 Å². The van der Waals surface area contributed by atoms with Gasteiger partial charge in [-0.3, -0.25) is 0 Å². The molecule has 6 nitrogen and oxygen atoms in total. The summed E-state index contributed by atoms with van der Waals surface area (Å²) in [6.07, 6.45) is 15.5. The molecule has 1 aliphatic heterocycles. The second kappa shape index (κ2) is 17.7. The van der Waals surface area contributed by atoms with E-state index in [-0.39, 0.29) is 11.6 Å². The number of hydrogen-bond donors (Lipinski definition) is 2. The summed E-state index contributed by atoms with van der Waals surface area (Å²) in [6, 6.07) is 35.7. The molecule has 1 aromatic heterocycles. The lowest BCUT2D eigenvalue weighted by Crippen LogP contribution is -2.25. The number of hydrogen-bond acceptors (Lipinski definition) is 6. The van der Waals surface area contributed by atoms with Gasteiger partial charge in [0.2, 0.25) is 5.82 Å².